The highest BCUT2D eigenvalue weighted by atomic mass is 16.3. The Kier molecular flexibility index (Phi) is 3.99. The van der Waals surface area contributed by atoms with Crippen molar-refractivity contribution in [3.05, 3.63) is 29.3 Å². The number of hydrogen-bond donors (Lipinski definition) is 1. The summed E-state index contributed by atoms with van der Waals surface area (Å²) in [5.74, 6) is 0.414. The quantitative estimate of drug-likeness (QED) is 0.898. The summed E-state index contributed by atoms with van der Waals surface area (Å²) in [7, 11) is 2.24. The van der Waals surface area contributed by atoms with Crippen LogP contribution in [0.1, 0.15) is 43.4 Å². The van der Waals surface area contributed by atoms with Gasteiger partial charge in [0.2, 0.25) is 0 Å². The number of fused-ring (bicyclic) bond motifs is 1. The minimum Gasteiger partial charge on any atom is -0.508 e. The van der Waals surface area contributed by atoms with E-state index in [1.54, 1.807) is 0 Å². The number of hydrogen-bond acceptors (Lipinski definition) is 3. The van der Waals surface area contributed by atoms with Crippen LogP contribution in [0.4, 0.5) is 0 Å². The molecule has 3 rings (SSSR count). The van der Waals surface area contributed by atoms with Crippen molar-refractivity contribution in [1.82, 2.24) is 9.80 Å². The zero-order chi connectivity index (χ0) is 14.1. The first kappa shape index (κ1) is 13.9. The molecule has 0 saturated carbocycles. The van der Waals surface area contributed by atoms with E-state index in [1.807, 2.05) is 12.1 Å². The standard InChI is InChI=1S/C17H26N2O/c1-3-14-12-19(10-9-18(14)2)17-6-4-5-13-7-8-15(20)11-16(13)17/h7-8,11,14,17,20H,3-6,9-10,12H2,1-2H3. The molecule has 1 aromatic rings. The monoisotopic (exact) mass is 274 g/mol. The van der Waals surface area contributed by atoms with Gasteiger partial charge in [0.25, 0.3) is 0 Å². The van der Waals surface area contributed by atoms with Crippen molar-refractivity contribution in [3.8, 4) is 5.75 Å². The van der Waals surface area contributed by atoms with E-state index in [0.29, 0.717) is 17.8 Å². The highest BCUT2D eigenvalue weighted by Gasteiger charge is 2.31. The van der Waals surface area contributed by atoms with E-state index in [-0.39, 0.29) is 0 Å². The van der Waals surface area contributed by atoms with E-state index in [1.165, 1.54) is 30.4 Å². The molecule has 1 aliphatic carbocycles. The third-order valence-corrected chi connectivity index (χ3v) is 5.13. The number of piperazine rings is 1. The number of phenolic OH excluding ortho intramolecular Hbond substituents is 1. The summed E-state index contributed by atoms with van der Waals surface area (Å²) < 4.78 is 0. The maximum absolute atomic E-state index is 9.82. The molecule has 1 N–H and O–H groups in total. The van der Waals surface area contributed by atoms with Crippen LogP contribution in [-0.2, 0) is 6.42 Å². The Balaban J connectivity index is 1.83. The van der Waals surface area contributed by atoms with Crippen LogP contribution in [0.2, 0.25) is 0 Å². The van der Waals surface area contributed by atoms with Crippen molar-refractivity contribution in [2.24, 2.45) is 0 Å². The first-order chi connectivity index (χ1) is 9.69. The maximum atomic E-state index is 9.82. The number of phenols is 1. The average Bonchev–Trinajstić information content (AvgIpc) is 2.47. The molecule has 1 fully saturated rings. The van der Waals surface area contributed by atoms with Gasteiger partial charge >= 0.3 is 0 Å². The van der Waals surface area contributed by atoms with Gasteiger partial charge in [-0.15, -0.1) is 0 Å². The second kappa shape index (κ2) is 5.74. The highest BCUT2D eigenvalue weighted by molar-refractivity contribution is 5.38. The van der Waals surface area contributed by atoms with Crippen molar-refractivity contribution in [3.63, 3.8) is 0 Å². The van der Waals surface area contributed by atoms with Crippen LogP contribution in [-0.4, -0.2) is 47.6 Å². The third kappa shape index (κ3) is 2.57. The Bertz CT molecular complexity index is 474. The number of aryl methyl sites for hydroxylation is 1. The van der Waals surface area contributed by atoms with E-state index in [4.69, 9.17) is 0 Å². The fraction of sp³-hybridized carbons (Fsp3) is 0.647. The average molecular weight is 274 g/mol. The van der Waals surface area contributed by atoms with Gasteiger partial charge in [0.15, 0.2) is 0 Å². The largest absolute Gasteiger partial charge is 0.508 e. The molecule has 0 bridgehead atoms. The Labute approximate surface area is 122 Å². The molecule has 0 amide bonds. The van der Waals surface area contributed by atoms with Gasteiger partial charge in [-0.2, -0.15) is 0 Å². The van der Waals surface area contributed by atoms with Crippen molar-refractivity contribution >= 4 is 0 Å². The number of rotatable bonds is 2. The molecule has 2 aliphatic rings. The summed E-state index contributed by atoms with van der Waals surface area (Å²) in [6.45, 7) is 5.74. The summed E-state index contributed by atoms with van der Waals surface area (Å²) in [6.07, 6.45) is 4.88. The predicted octanol–water partition coefficient (Wildman–Crippen LogP) is 2.80. The van der Waals surface area contributed by atoms with E-state index in [9.17, 15) is 5.11 Å². The summed E-state index contributed by atoms with van der Waals surface area (Å²) in [6, 6.07) is 7.13. The molecule has 0 radical (unpaired) electrons. The van der Waals surface area contributed by atoms with Crippen LogP contribution >= 0.6 is 0 Å². The van der Waals surface area contributed by atoms with Crippen molar-refractivity contribution in [1.29, 1.82) is 0 Å². The van der Waals surface area contributed by atoms with Gasteiger partial charge in [-0.3, -0.25) is 4.90 Å². The zero-order valence-corrected chi connectivity index (χ0v) is 12.7. The summed E-state index contributed by atoms with van der Waals surface area (Å²) in [4.78, 5) is 5.13. The van der Waals surface area contributed by atoms with Gasteiger partial charge in [-0.25, -0.2) is 0 Å². The smallest absolute Gasteiger partial charge is 0.115 e. The van der Waals surface area contributed by atoms with Gasteiger partial charge < -0.3 is 10.0 Å². The van der Waals surface area contributed by atoms with Gasteiger partial charge in [-0.05, 0) is 56.0 Å². The van der Waals surface area contributed by atoms with Crippen LogP contribution in [0.3, 0.4) is 0 Å². The van der Waals surface area contributed by atoms with E-state index in [2.05, 4.69) is 29.8 Å². The molecule has 110 valence electrons. The van der Waals surface area contributed by atoms with Gasteiger partial charge in [0.1, 0.15) is 5.75 Å². The molecular weight excluding hydrogens is 248 g/mol. The molecule has 1 aliphatic heterocycles. The minimum atomic E-state index is 0.414. The molecule has 3 nitrogen and oxygen atoms in total. The summed E-state index contributed by atoms with van der Waals surface area (Å²) >= 11 is 0. The van der Waals surface area contributed by atoms with Crippen LogP contribution in [0.25, 0.3) is 0 Å². The number of likely N-dealkylation sites (N-methyl/N-ethyl adjacent to an activating group) is 1. The first-order valence-corrected chi connectivity index (χ1v) is 7.95. The second-order valence-corrected chi connectivity index (χ2v) is 6.33. The van der Waals surface area contributed by atoms with Crippen molar-refractivity contribution < 1.29 is 5.11 Å². The predicted molar refractivity (Wildman–Crippen MR) is 82.1 cm³/mol. The topological polar surface area (TPSA) is 26.7 Å². The van der Waals surface area contributed by atoms with Crippen LogP contribution in [0.15, 0.2) is 18.2 Å². The number of nitrogens with zero attached hydrogens (tertiary/aromatic N) is 2. The lowest BCUT2D eigenvalue weighted by Gasteiger charge is -2.44. The Morgan fingerprint density at radius 1 is 1.30 bits per heavy atom. The Hall–Kier alpha value is -1.06. The van der Waals surface area contributed by atoms with Gasteiger partial charge in [0.05, 0.1) is 0 Å². The molecule has 1 aromatic carbocycles. The molecule has 1 heterocycles. The molecule has 0 aromatic heterocycles. The first-order valence-electron chi connectivity index (χ1n) is 7.95. The molecule has 2 atom stereocenters. The van der Waals surface area contributed by atoms with E-state index >= 15 is 0 Å². The van der Waals surface area contributed by atoms with Crippen LogP contribution in [0.5, 0.6) is 5.75 Å². The molecule has 20 heavy (non-hydrogen) atoms. The molecule has 3 heteroatoms. The molecule has 2 unspecified atom stereocenters. The minimum absolute atomic E-state index is 0.414. The third-order valence-electron chi connectivity index (χ3n) is 5.13. The fourth-order valence-electron chi connectivity index (χ4n) is 3.83. The molecule has 1 saturated heterocycles. The van der Waals surface area contributed by atoms with E-state index in [0.717, 1.165) is 26.1 Å². The van der Waals surface area contributed by atoms with Gasteiger partial charge in [0, 0.05) is 31.7 Å². The summed E-state index contributed by atoms with van der Waals surface area (Å²) in [5, 5.41) is 9.82. The van der Waals surface area contributed by atoms with Crippen molar-refractivity contribution in [2.45, 2.75) is 44.7 Å². The lowest BCUT2D eigenvalue weighted by Crippen LogP contribution is -2.52. The summed E-state index contributed by atoms with van der Waals surface area (Å²) in [5.41, 5.74) is 2.81. The van der Waals surface area contributed by atoms with Gasteiger partial charge in [-0.1, -0.05) is 13.0 Å². The number of aromatic hydroxyl groups is 1. The maximum Gasteiger partial charge on any atom is 0.115 e. The lowest BCUT2D eigenvalue weighted by atomic mass is 9.86. The molecule has 0 spiro atoms. The number of benzene rings is 1. The van der Waals surface area contributed by atoms with Crippen molar-refractivity contribution in [2.75, 3.05) is 26.7 Å². The normalized spacial score (nSPS) is 28.3. The zero-order valence-electron chi connectivity index (χ0n) is 12.7. The lowest BCUT2D eigenvalue weighted by molar-refractivity contribution is 0.0560. The SMILES string of the molecule is CCC1CN(C2CCCc3ccc(O)cc32)CCN1C. The Morgan fingerprint density at radius 2 is 2.15 bits per heavy atom. The van der Waals surface area contributed by atoms with Crippen LogP contribution in [0, 0.1) is 0 Å². The van der Waals surface area contributed by atoms with Crippen LogP contribution < -0.4 is 0 Å². The highest BCUT2D eigenvalue weighted by Crippen LogP contribution is 2.37. The second-order valence-electron chi connectivity index (χ2n) is 6.33. The molecular formula is C17H26N2O. The Morgan fingerprint density at radius 3 is 2.95 bits per heavy atom. The fourth-order valence-corrected chi connectivity index (χ4v) is 3.83. The van der Waals surface area contributed by atoms with E-state index < -0.39 is 0 Å².